The van der Waals surface area contributed by atoms with Crippen LogP contribution in [0, 0.1) is 5.92 Å². The Morgan fingerprint density at radius 3 is 3.08 bits per heavy atom. The fourth-order valence-electron chi connectivity index (χ4n) is 3.25. The molecule has 0 spiro atoms. The van der Waals surface area contributed by atoms with Gasteiger partial charge in [-0.1, -0.05) is 0 Å². The van der Waals surface area contributed by atoms with Gasteiger partial charge in [-0.3, -0.25) is 4.90 Å². The van der Waals surface area contributed by atoms with Crippen molar-refractivity contribution in [3.8, 4) is 0 Å². The largest absolute Gasteiger partial charge is 0.392 e. The normalized spacial score (nSPS) is 52.8. The van der Waals surface area contributed by atoms with E-state index in [2.05, 4.69) is 10.2 Å². The molecule has 3 nitrogen and oxygen atoms in total. The van der Waals surface area contributed by atoms with Gasteiger partial charge in [0.2, 0.25) is 0 Å². The molecular formula is C9H16N2O. The van der Waals surface area contributed by atoms with Gasteiger partial charge in [0.25, 0.3) is 0 Å². The van der Waals surface area contributed by atoms with E-state index in [1.54, 1.807) is 0 Å². The molecule has 3 fully saturated rings. The molecule has 0 saturated carbocycles. The maximum atomic E-state index is 9.49. The molecule has 2 N–H and O–H groups in total. The molecule has 0 unspecified atom stereocenters. The van der Waals surface area contributed by atoms with Gasteiger partial charge in [0.15, 0.2) is 0 Å². The number of nitrogens with zero attached hydrogens (tertiary/aromatic N) is 1. The van der Waals surface area contributed by atoms with Gasteiger partial charge >= 0.3 is 0 Å². The van der Waals surface area contributed by atoms with Crippen molar-refractivity contribution < 1.29 is 5.11 Å². The lowest BCUT2D eigenvalue weighted by atomic mass is 10.00. The average Bonchev–Trinajstić information content (AvgIpc) is 2.59. The fraction of sp³-hybridized carbons (Fsp3) is 1.00. The molecule has 0 radical (unpaired) electrons. The van der Waals surface area contributed by atoms with Crippen molar-refractivity contribution in [2.75, 3.05) is 19.6 Å². The Hall–Kier alpha value is -0.120. The van der Waals surface area contributed by atoms with E-state index in [0.717, 1.165) is 31.5 Å². The van der Waals surface area contributed by atoms with Crippen LogP contribution in [0.5, 0.6) is 0 Å². The summed E-state index contributed by atoms with van der Waals surface area (Å²) in [5, 5.41) is 12.9. The molecule has 0 aromatic carbocycles. The van der Waals surface area contributed by atoms with E-state index in [1.807, 2.05) is 0 Å². The van der Waals surface area contributed by atoms with Crippen molar-refractivity contribution in [1.29, 1.82) is 0 Å². The molecule has 4 atom stereocenters. The second kappa shape index (κ2) is 2.44. The summed E-state index contributed by atoms with van der Waals surface area (Å²) in [6.45, 7) is 3.27. The monoisotopic (exact) mass is 168 g/mol. The van der Waals surface area contributed by atoms with Crippen LogP contribution in [0.1, 0.15) is 12.8 Å². The van der Waals surface area contributed by atoms with Crippen LogP contribution in [0.25, 0.3) is 0 Å². The fourth-order valence-corrected chi connectivity index (χ4v) is 3.25. The summed E-state index contributed by atoms with van der Waals surface area (Å²) in [5.74, 6) is 0.877. The van der Waals surface area contributed by atoms with E-state index >= 15 is 0 Å². The van der Waals surface area contributed by atoms with E-state index in [1.165, 1.54) is 13.0 Å². The van der Waals surface area contributed by atoms with Crippen LogP contribution in [0.3, 0.4) is 0 Å². The Morgan fingerprint density at radius 2 is 2.17 bits per heavy atom. The lowest BCUT2D eigenvalue weighted by Crippen LogP contribution is -2.36. The summed E-state index contributed by atoms with van der Waals surface area (Å²) in [6, 6.07) is 1.45. The summed E-state index contributed by atoms with van der Waals surface area (Å²) in [6.07, 6.45) is 2.29. The summed E-state index contributed by atoms with van der Waals surface area (Å²) >= 11 is 0. The molecule has 0 aromatic heterocycles. The van der Waals surface area contributed by atoms with Gasteiger partial charge in [-0.25, -0.2) is 0 Å². The molecule has 12 heavy (non-hydrogen) atoms. The second-order valence-corrected chi connectivity index (χ2v) is 4.46. The lowest BCUT2D eigenvalue weighted by Gasteiger charge is -2.21. The number of aliphatic hydroxyl groups excluding tert-OH is 1. The predicted octanol–water partition coefficient (Wildman–Crippen LogP) is -0.587. The quantitative estimate of drug-likeness (QED) is 0.507. The summed E-state index contributed by atoms with van der Waals surface area (Å²) < 4.78 is 0. The van der Waals surface area contributed by atoms with Gasteiger partial charge in [-0.2, -0.15) is 0 Å². The Labute approximate surface area is 72.7 Å². The van der Waals surface area contributed by atoms with Crippen LogP contribution in [0.15, 0.2) is 0 Å². The number of hydrogen-bond donors (Lipinski definition) is 2. The number of nitrogens with one attached hydrogen (secondary N) is 1. The Balaban J connectivity index is 1.80. The average molecular weight is 168 g/mol. The highest BCUT2D eigenvalue weighted by Crippen LogP contribution is 2.38. The molecule has 3 heteroatoms. The van der Waals surface area contributed by atoms with Crippen LogP contribution >= 0.6 is 0 Å². The molecule has 0 aliphatic carbocycles. The molecule has 3 saturated heterocycles. The lowest BCUT2D eigenvalue weighted by molar-refractivity contribution is 0.161. The number of hydrogen-bond acceptors (Lipinski definition) is 3. The Morgan fingerprint density at radius 1 is 1.25 bits per heavy atom. The maximum Gasteiger partial charge on any atom is 0.0682 e. The van der Waals surface area contributed by atoms with Crippen LogP contribution in [0.2, 0.25) is 0 Å². The number of rotatable bonds is 0. The first kappa shape index (κ1) is 7.30. The minimum Gasteiger partial charge on any atom is -0.392 e. The molecular weight excluding hydrogens is 152 g/mol. The van der Waals surface area contributed by atoms with Gasteiger partial charge in [-0.05, 0) is 25.3 Å². The first-order chi connectivity index (χ1) is 5.84. The van der Waals surface area contributed by atoms with Crippen molar-refractivity contribution in [2.45, 2.75) is 31.0 Å². The molecule has 3 aliphatic rings. The predicted molar refractivity (Wildman–Crippen MR) is 45.9 cm³/mol. The first-order valence-corrected chi connectivity index (χ1v) is 4.99. The van der Waals surface area contributed by atoms with Crippen molar-refractivity contribution >= 4 is 0 Å². The molecule has 0 bridgehead atoms. The van der Waals surface area contributed by atoms with Gasteiger partial charge in [-0.15, -0.1) is 0 Å². The van der Waals surface area contributed by atoms with E-state index in [-0.39, 0.29) is 6.10 Å². The zero-order valence-electron chi connectivity index (χ0n) is 7.24. The second-order valence-electron chi connectivity index (χ2n) is 4.46. The van der Waals surface area contributed by atoms with E-state index in [0.29, 0.717) is 6.04 Å². The molecule has 3 rings (SSSR count). The molecule has 0 amide bonds. The van der Waals surface area contributed by atoms with Crippen LogP contribution < -0.4 is 5.32 Å². The third-order valence-corrected chi connectivity index (χ3v) is 3.74. The standard InChI is InChI=1S/C9H16N2O/c12-8-2-7-1-6-3-10-4-9(6)11(7)5-8/h6-10,12H,1-5H2/t6-,7+,8-,9-/m1/s1. The maximum absolute atomic E-state index is 9.49. The molecule has 3 heterocycles. The highest BCUT2D eigenvalue weighted by molar-refractivity contribution is 5.03. The van der Waals surface area contributed by atoms with Gasteiger partial charge in [0, 0.05) is 25.2 Å². The van der Waals surface area contributed by atoms with E-state index in [9.17, 15) is 5.11 Å². The molecule has 3 aliphatic heterocycles. The third kappa shape index (κ3) is 0.873. The van der Waals surface area contributed by atoms with Crippen molar-refractivity contribution in [3.63, 3.8) is 0 Å². The zero-order valence-corrected chi connectivity index (χ0v) is 7.24. The van der Waals surface area contributed by atoms with E-state index < -0.39 is 0 Å². The molecule has 0 aromatic rings. The third-order valence-electron chi connectivity index (χ3n) is 3.74. The minimum absolute atomic E-state index is 0.0449. The minimum atomic E-state index is -0.0449. The van der Waals surface area contributed by atoms with Crippen molar-refractivity contribution in [3.05, 3.63) is 0 Å². The highest BCUT2D eigenvalue weighted by Gasteiger charge is 2.47. The summed E-state index contributed by atoms with van der Waals surface area (Å²) in [7, 11) is 0. The van der Waals surface area contributed by atoms with E-state index in [4.69, 9.17) is 0 Å². The Kier molecular flexibility index (Phi) is 1.48. The molecule has 68 valence electrons. The SMILES string of the molecule is O[C@@H]1C[C@@H]2C[C@@H]3CNC[C@H]3N2C1. The first-order valence-electron chi connectivity index (χ1n) is 4.99. The van der Waals surface area contributed by atoms with Crippen LogP contribution in [-0.2, 0) is 0 Å². The van der Waals surface area contributed by atoms with Crippen LogP contribution in [-0.4, -0.2) is 47.8 Å². The summed E-state index contributed by atoms with van der Waals surface area (Å²) in [4.78, 5) is 2.52. The highest BCUT2D eigenvalue weighted by atomic mass is 16.3. The number of fused-ring (bicyclic) bond motifs is 3. The topological polar surface area (TPSA) is 35.5 Å². The smallest absolute Gasteiger partial charge is 0.0682 e. The van der Waals surface area contributed by atoms with Gasteiger partial charge in [0.05, 0.1) is 6.10 Å². The Bertz CT molecular complexity index is 197. The zero-order chi connectivity index (χ0) is 8.13. The van der Waals surface area contributed by atoms with Crippen molar-refractivity contribution in [1.82, 2.24) is 10.2 Å². The van der Waals surface area contributed by atoms with Gasteiger partial charge < -0.3 is 10.4 Å². The summed E-state index contributed by atoms with van der Waals surface area (Å²) in [5.41, 5.74) is 0. The van der Waals surface area contributed by atoms with Crippen molar-refractivity contribution in [2.24, 2.45) is 5.92 Å². The van der Waals surface area contributed by atoms with Gasteiger partial charge in [0.1, 0.15) is 0 Å². The van der Waals surface area contributed by atoms with Crippen LogP contribution in [0.4, 0.5) is 0 Å². The number of aliphatic hydroxyl groups is 1.